The van der Waals surface area contributed by atoms with E-state index in [1.807, 2.05) is 13.0 Å². The number of ether oxygens (including phenoxy) is 3. The predicted molar refractivity (Wildman–Crippen MR) is 216 cm³/mol. The molecule has 12 heteroatoms. The van der Waals surface area contributed by atoms with E-state index in [0.29, 0.717) is 51.2 Å². The molecule has 1 aromatic heterocycles. The minimum atomic E-state index is -0.568. The highest BCUT2D eigenvalue weighted by Crippen LogP contribution is 2.45. The fourth-order valence-electron chi connectivity index (χ4n) is 6.31. The van der Waals surface area contributed by atoms with E-state index in [9.17, 15) is 19.2 Å². The molecular weight excluding hydrogens is 723 g/mol. The number of amides is 3. The Bertz CT molecular complexity index is 2030. The van der Waals surface area contributed by atoms with Gasteiger partial charge in [0.25, 0.3) is 11.8 Å². The maximum Gasteiger partial charge on any atom is 0.341 e. The number of anilines is 2. The number of benzene rings is 3. The number of methoxy groups -OCH3 is 3. The van der Waals surface area contributed by atoms with Gasteiger partial charge in [0, 0.05) is 26.6 Å². The highest BCUT2D eigenvalue weighted by Gasteiger charge is 2.35. The van der Waals surface area contributed by atoms with Gasteiger partial charge >= 0.3 is 5.97 Å². The van der Waals surface area contributed by atoms with Crippen LogP contribution in [0.3, 0.4) is 0 Å². The first kappa shape index (κ1) is 40.1. The van der Waals surface area contributed by atoms with Crippen molar-refractivity contribution < 1.29 is 33.4 Å². The molecule has 0 bridgehead atoms. The van der Waals surface area contributed by atoms with Crippen LogP contribution in [0.1, 0.15) is 77.3 Å². The van der Waals surface area contributed by atoms with E-state index in [2.05, 4.69) is 36.7 Å². The third-order valence-corrected chi connectivity index (χ3v) is 11.9. The van der Waals surface area contributed by atoms with Gasteiger partial charge in [0.05, 0.1) is 32.1 Å². The second-order valence-corrected chi connectivity index (χ2v) is 16.4. The lowest BCUT2D eigenvalue weighted by atomic mass is 9.72. The molecule has 3 N–H and O–H groups in total. The maximum absolute atomic E-state index is 13.8. The first-order valence-corrected chi connectivity index (χ1v) is 19.5. The second-order valence-electron chi connectivity index (χ2n) is 14.0. The summed E-state index contributed by atoms with van der Waals surface area (Å²) in [7, 11) is 4.41. The van der Waals surface area contributed by atoms with Gasteiger partial charge in [-0.05, 0) is 97.2 Å². The maximum atomic E-state index is 13.8. The molecule has 0 radical (unpaired) electrons. The molecule has 2 atom stereocenters. The van der Waals surface area contributed by atoms with Crippen molar-refractivity contribution in [1.82, 2.24) is 5.32 Å². The molecule has 0 fully saturated rings. The van der Waals surface area contributed by atoms with E-state index in [1.54, 1.807) is 66.7 Å². The van der Waals surface area contributed by atoms with E-state index in [0.717, 1.165) is 34.6 Å². The van der Waals surface area contributed by atoms with E-state index >= 15 is 0 Å². The summed E-state index contributed by atoms with van der Waals surface area (Å²) < 4.78 is 16.0. The van der Waals surface area contributed by atoms with Crippen molar-refractivity contribution in [1.29, 1.82) is 0 Å². The van der Waals surface area contributed by atoms with Crippen LogP contribution in [-0.2, 0) is 27.2 Å². The molecule has 0 aliphatic heterocycles. The van der Waals surface area contributed by atoms with Crippen molar-refractivity contribution in [3.05, 3.63) is 106 Å². The van der Waals surface area contributed by atoms with Crippen LogP contribution in [0.2, 0.25) is 0 Å². The van der Waals surface area contributed by atoms with Gasteiger partial charge in [-0.3, -0.25) is 14.4 Å². The quantitative estimate of drug-likeness (QED) is 0.0700. The van der Waals surface area contributed by atoms with E-state index < -0.39 is 23.0 Å². The van der Waals surface area contributed by atoms with Crippen LogP contribution in [0.5, 0.6) is 11.5 Å². The SMILES string of the molecule is CCC(Sc1cccc(NC(=O)/C(=C\c2cc(OC)ccc2OC)NC(=O)c2ccccc2)c1)C(=O)Nc1sc2c(c1C(=O)OC)CCC(C(C)(C)C)C2. The lowest BCUT2D eigenvalue weighted by Gasteiger charge is -2.33. The molecular formula is C42H47N3O7S2. The highest BCUT2D eigenvalue weighted by atomic mass is 32.2. The van der Waals surface area contributed by atoms with Crippen LogP contribution < -0.4 is 25.4 Å². The Hall–Kier alpha value is -5.07. The lowest BCUT2D eigenvalue weighted by molar-refractivity contribution is -0.116. The molecule has 54 heavy (non-hydrogen) atoms. The number of carbonyl (C=O) groups excluding carboxylic acids is 4. The number of hydrogen-bond donors (Lipinski definition) is 3. The number of thiophene rings is 1. The third-order valence-electron chi connectivity index (χ3n) is 9.42. The van der Waals surface area contributed by atoms with Crippen molar-refractivity contribution in [3.8, 4) is 11.5 Å². The highest BCUT2D eigenvalue weighted by molar-refractivity contribution is 8.00. The average Bonchev–Trinajstić information content (AvgIpc) is 3.53. The Morgan fingerprint density at radius 3 is 2.37 bits per heavy atom. The standard InChI is InChI=1S/C42H47N3O7S2/c1-8-34(39(48)45-40-36(41(49)52-7)31-19-17-27(42(2,3)4)23-35(31)54-40)53-30-16-12-15-28(24-30)43-38(47)32(44-37(46)25-13-10-9-11-14-25)22-26-21-29(50-5)18-20-33(26)51-6/h9-16,18,20-22,24,27,34H,8,17,19,23H2,1-7H3,(H,43,47)(H,44,46)(H,45,48)/b32-22+. The Morgan fingerprint density at radius 2 is 1.70 bits per heavy atom. The third kappa shape index (κ3) is 9.72. The summed E-state index contributed by atoms with van der Waals surface area (Å²) in [4.78, 5) is 55.7. The van der Waals surface area contributed by atoms with Gasteiger partial charge in [-0.25, -0.2) is 4.79 Å². The summed E-state index contributed by atoms with van der Waals surface area (Å²) in [5.41, 5.74) is 2.91. The summed E-state index contributed by atoms with van der Waals surface area (Å²) in [6.45, 7) is 8.64. The number of fused-ring (bicyclic) bond motifs is 1. The molecule has 5 rings (SSSR count). The zero-order valence-corrected chi connectivity index (χ0v) is 33.3. The van der Waals surface area contributed by atoms with Crippen LogP contribution in [0.4, 0.5) is 10.7 Å². The number of nitrogens with one attached hydrogen (secondary N) is 3. The smallest absolute Gasteiger partial charge is 0.341 e. The van der Waals surface area contributed by atoms with Crippen LogP contribution >= 0.6 is 23.1 Å². The summed E-state index contributed by atoms with van der Waals surface area (Å²) in [6.07, 6.45) is 4.63. The van der Waals surface area contributed by atoms with Crippen molar-refractivity contribution in [2.24, 2.45) is 11.3 Å². The number of carbonyl (C=O) groups is 4. The van der Waals surface area contributed by atoms with E-state index in [1.165, 1.54) is 50.5 Å². The Labute approximate surface area is 325 Å². The van der Waals surface area contributed by atoms with E-state index in [4.69, 9.17) is 14.2 Å². The van der Waals surface area contributed by atoms with Gasteiger partial charge < -0.3 is 30.2 Å². The van der Waals surface area contributed by atoms with Gasteiger partial charge in [-0.2, -0.15) is 0 Å². The zero-order valence-electron chi connectivity index (χ0n) is 31.7. The lowest BCUT2D eigenvalue weighted by Crippen LogP contribution is -2.30. The second kappa shape index (κ2) is 17.8. The first-order valence-electron chi connectivity index (χ1n) is 17.8. The molecule has 2 unspecified atom stereocenters. The van der Waals surface area contributed by atoms with Gasteiger partial charge in [-0.1, -0.05) is 52.0 Å². The van der Waals surface area contributed by atoms with Gasteiger partial charge in [0.2, 0.25) is 5.91 Å². The van der Waals surface area contributed by atoms with Gasteiger partial charge in [0.1, 0.15) is 22.2 Å². The molecule has 1 heterocycles. The molecule has 0 saturated carbocycles. The Kier molecular flexibility index (Phi) is 13.3. The van der Waals surface area contributed by atoms with Crippen molar-refractivity contribution in [3.63, 3.8) is 0 Å². The zero-order chi connectivity index (χ0) is 39.0. The first-order chi connectivity index (χ1) is 25.8. The minimum Gasteiger partial charge on any atom is -0.497 e. The monoisotopic (exact) mass is 769 g/mol. The van der Waals surface area contributed by atoms with Crippen LogP contribution in [0.15, 0.2) is 83.4 Å². The van der Waals surface area contributed by atoms with Crippen molar-refractivity contribution in [2.75, 3.05) is 32.0 Å². The number of rotatable bonds is 13. The molecule has 0 saturated heterocycles. The molecule has 3 amide bonds. The molecule has 284 valence electrons. The average molecular weight is 770 g/mol. The fraction of sp³-hybridized carbons (Fsp3) is 0.333. The van der Waals surface area contributed by atoms with Gasteiger partial charge in [0.15, 0.2) is 0 Å². The number of esters is 1. The topological polar surface area (TPSA) is 132 Å². The fourth-order valence-corrected chi connectivity index (χ4v) is 8.64. The largest absolute Gasteiger partial charge is 0.497 e. The Balaban J connectivity index is 1.35. The normalized spacial score (nSPS) is 14.6. The molecule has 1 aliphatic rings. The van der Waals surface area contributed by atoms with Crippen LogP contribution in [0.25, 0.3) is 6.08 Å². The molecule has 0 spiro atoms. The number of hydrogen-bond acceptors (Lipinski definition) is 9. The minimum absolute atomic E-state index is 0.0202. The van der Waals surface area contributed by atoms with Gasteiger partial charge in [-0.15, -0.1) is 23.1 Å². The van der Waals surface area contributed by atoms with Crippen molar-refractivity contribution in [2.45, 2.75) is 63.5 Å². The molecule has 3 aromatic carbocycles. The molecule has 1 aliphatic carbocycles. The number of thioether (sulfide) groups is 1. The van der Waals surface area contributed by atoms with Crippen LogP contribution in [0, 0.1) is 11.3 Å². The Morgan fingerprint density at radius 1 is 0.944 bits per heavy atom. The summed E-state index contributed by atoms with van der Waals surface area (Å²) in [5.74, 6) is -0.204. The predicted octanol–water partition coefficient (Wildman–Crippen LogP) is 8.62. The molecule has 4 aromatic rings. The summed E-state index contributed by atoms with van der Waals surface area (Å²) >= 11 is 2.82. The summed E-state index contributed by atoms with van der Waals surface area (Å²) in [6, 6.07) is 20.9. The molecule has 10 nitrogen and oxygen atoms in total. The van der Waals surface area contributed by atoms with Crippen LogP contribution in [-0.4, -0.2) is 50.3 Å². The summed E-state index contributed by atoms with van der Waals surface area (Å²) in [5, 5.41) is 8.74. The van der Waals surface area contributed by atoms with Crippen molar-refractivity contribution >= 4 is 63.6 Å². The van der Waals surface area contributed by atoms with E-state index in [-0.39, 0.29) is 17.0 Å².